The van der Waals surface area contributed by atoms with Gasteiger partial charge in [0.25, 0.3) is 0 Å². The van der Waals surface area contributed by atoms with E-state index in [-0.39, 0.29) is 12.0 Å². The molecule has 2 N–H and O–H groups in total. The second-order valence-corrected chi connectivity index (χ2v) is 5.35. The summed E-state index contributed by atoms with van der Waals surface area (Å²) in [4.78, 5) is 16.5. The Balaban J connectivity index is 1.76. The maximum absolute atomic E-state index is 12.3. The lowest BCUT2D eigenvalue weighted by molar-refractivity contribution is -0.137. The van der Waals surface area contributed by atoms with Gasteiger partial charge < -0.3 is 10.6 Å². The van der Waals surface area contributed by atoms with Gasteiger partial charge in [-0.05, 0) is 19.3 Å². The molecule has 0 radical (unpaired) electrons. The van der Waals surface area contributed by atoms with E-state index < -0.39 is 0 Å². The van der Waals surface area contributed by atoms with Gasteiger partial charge in [-0.25, -0.2) is 0 Å². The Morgan fingerprint density at radius 2 is 2.00 bits per heavy atom. The van der Waals surface area contributed by atoms with Crippen molar-refractivity contribution >= 4 is 5.91 Å². The molecule has 1 heterocycles. The first kappa shape index (κ1) is 13.3. The first-order valence-corrected chi connectivity index (χ1v) is 6.84. The fourth-order valence-electron chi connectivity index (χ4n) is 2.90. The highest BCUT2D eigenvalue weighted by atomic mass is 16.2. The topological polar surface area (TPSA) is 73.4 Å². The number of hydrogen-bond acceptors (Lipinski definition) is 4. The van der Waals surface area contributed by atoms with Crippen molar-refractivity contribution in [3.63, 3.8) is 0 Å². The quantitative estimate of drug-likeness (QED) is 0.775. The minimum atomic E-state index is 0.158. The smallest absolute Gasteiger partial charge is 0.225 e. The van der Waals surface area contributed by atoms with E-state index in [0.717, 1.165) is 52.0 Å². The van der Waals surface area contributed by atoms with Gasteiger partial charge in [-0.15, -0.1) is 0 Å². The lowest BCUT2D eigenvalue weighted by Gasteiger charge is -2.35. The van der Waals surface area contributed by atoms with Gasteiger partial charge in [-0.3, -0.25) is 9.69 Å². The third kappa shape index (κ3) is 3.21. The van der Waals surface area contributed by atoms with Gasteiger partial charge >= 0.3 is 0 Å². The maximum atomic E-state index is 12.3. The van der Waals surface area contributed by atoms with E-state index in [2.05, 4.69) is 11.0 Å². The molecular formula is C13H22N4O. The highest BCUT2D eigenvalue weighted by Crippen LogP contribution is 2.26. The molecule has 1 amide bonds. The Hall–Kier alpha value is -1.12. The van der Waals surface area contributed by atoms with Crippen LogP contribution in [-0.4, -0.2) is 54.5 Å². The molecule has 0 spiro atoms. The Morgan fingerprint density at radius 3 is 2.56 bits per heavy atom. The highest BCUT2D eigenvalue weighted by molar-refractivity contribution is 5.79. The summed E-state index contributed by atoms with van der Waals surface area (Å²) in [5, 5.41) is 8.55. The normalized spacial score (nSPS) is 29.2. The highest BCUT2D eigenvalue weighted by Gasteiger charge is 2.32. The molecule has 5 heteroatoms. The van der Waals surface area contributed by atoms with Crippen LogP contribution >= 0.6 is 0 Å². The molecule has 1 saturated heterocycles. The summed E-state index contributed by atoms with van der Waals surface area (Å²) in [7, 11) is 0. The predicted octanol–water partition coefficient (Wildman–Crippen LogP) is 0.172. The first-order valence-electron chi connectivity index (χ1n) is 6.84. The number of carbonyl (C=O) groups excluding carboxylic acids is 1. The molecule has 2 unspecified atom stereocenters. The third-order valence-electron chi connectivity index (χ3n) is 4.05. The monoisotopic (exact) mass is 250 g/mol. The number of carbonyl (C=O) groups is 1. The third-order valence-corrected chi connectivity index (χ3v) is 4.05. The largest absolute Gasteiger partial charge is 0.340 e. The summed E-state index contributed by atoms with van der Waals surface area (Å²) in [6.07, 6.45) is 3.37. The summed E-state index contributed by atoms with van der Waals surface area (Å²) in [5.74, 6) is 0.452. The average Bonchev–Trinajstić information content (AvgIpc) is 2.83. The van der Waals surface area contributed by atoms with E-state index in [1.54, 1.807) is 0 Å². The average molecular weight is 250 g/mol. The predicted molar refractivity (Wildman–Crippen MR) is 68.6 cm³/mol. The van der Waals surface area contributed by atoms with Crippen molar-refractivity contribution in [2.75, 3.05) is 32.7 Å². The van der Waals surface area contributed by atoms with Crippen molar-refractivity contribution < 1.29 is 4.79 Å². The molecule has 0 aromatic carbocycles. The molecule has 0 bridgehead atoms. The molecular weight excluding hydrogens is 228 g/mol. The standard InChI is InChI=1S/C13H22N4O/c14-4-1-5-16-6-8-17(9-7-16)13(18)11-2-3-12(15)10-11/h11-12H,1-3,5-10,15H2. The molecule has 100 valence electrons. The van der Waals surface area contributed by atoms with Crippen LogP contribution in [0.3, 0.4) is 0 Å². The molecule has 1 aliphatic carbocycles. The molecule has 5 nitrogen and oxygen atoms in total. The van der Waals surface area contributed by atoms with Crippen LogP contribution in [0, 0.1) is 17.2 Å². The van der Waals surface area contributed by atoms with Crippen LogP contribution in [0.1, 0.15) is 25.7 Å². The zero-order valence-corrected chi connectivity index (χ0v) is 10.8. The van der Waals surface area contributed by atoms with E-state index in [9.17, 15) is 4.79 Å². The molecule has 1 aliphatic heterocycles. The molecule has 2 atom stereocenters. The van der Waals surface area contributed by atoms with Crippen LogP contribution in [0.25, 0.3) is 0 Å². The van der Waals surface area contributed by atoms with Crippen molar-refractivity contribution in [1.82, 2.24) is 9.80 Å². The molecule has 0 aromatic heterocycles. The summed E-state index contributed by atoms with van der Waals surface area (Å²) < 4.78 is 0. The van der Waals surface area contributed by atoms with Gasteiger partial charge in [-0.2, -0.15) is 5.26 Å². The number of nitriles is 1. The van der Waals surface area contributed by atoms with Crippen molar-refractivity contribution in [2.24, 2.45) is 11.7 Å². The van der Waals surface area contributed by atoms with Gasteiger partial charge in [0.1, 0.15) is 0 Å². The van der Waals surface area contributed by atoms with Crippen LogP contribution in [0.15, 0.2) is 0 Å². The summed E-state index contributed by atoms with van der Waals surface area (Å²) in [5.41, 5.74) is 5.86. The zero-order valence-electron chi connectivity index (χ0n) is 10.8. The maximum Gasteiger partial charge on any atom is 0.225 e. The molecule has 2 fully saturated rings. The molecule has 18 heavy (non-hydrogen) atoms. The van der Waals surface area contributed by atoms with Crippen molar-refractivity contribution in [3.05, 3.63) is 0 Å². The van der Waals surface area contributed by atoms with Gasteiger partial charge in [-0.1, -0.05) is 0 Å². The summed E-state index contributed by atoms with van der Waals surface area (Å²) in [6, 6.07) is 2.38. The Labute approximate surface area is 109 Å². The lowest BCUT2D eigenvalue weighted by atomic mass is 10.1. The van der Waals surface area contributed by atoms with Crippen LogP contribution in [0.2, 0.25) is 0 Å². The Bertz CT molecular complexity index is 330. The second-order valence-electron chi connectivity index (χ2n) is 5.35. The van der Waals surface area contributed by atoms with Gasteiger partial charge in [0.2, 0.25) is 5.91 Å². The van der Waals surface area contributed by atoms with Gasteiger partial charge in [0.15, 0.2) is 0 Å². The van der Waals surface area contributed by atoms with Crippen LogP contribution in [-0.2, 0) is 4.79 Å². The van der Waals surface area contributed by atoms with E-state index >= 15 is 0 Å². The minimum absolute atomic E-state index is 0.158. The zero-order chi connectivity index (χ0) is 13.0. The number of nitrogens with two attached hydrogens (primary N) is 1. The van der Waals surface area contributed by atoms with Crippen molar-refractivity contribution in [2.45, 2.75) is 31.7 Å². The fourth-order valence-corrected chi connectivity index (χ4v) is 2.90. The molecule has 2 rings (SSSR count). The van der Waals surface area contributed by atoms with Crippen LogP contribution in [0.4, 0.5) is 0 Å². The van der Waals surface area contributed by atoms with Crippen LogP contribution < -0.4 is 5.73 Å². The summed E-state index contributed by atoms with van der Waals surface area (Å²) >= 11 is 0. The lowest BCUT2D eigenvalue weighted by Crippen LogP contribution is -2.50. The van der Waals surface area contributed by atoms with Crippen molar-refractivity contribution in [1.29, 1.82) is 5.26 Å². The Morgan fingerprint density at radius 1 is 1.28 bits per heavy atom. The van der Waals surface area contributed by atoms with Gasteiger partial charge in [0.05, 0.1) is 6.07 Å². The minimum Gasteiger partial charge on any atom is -0.340 e. The molecule has 0 aromatic rings. The van der Waals surface area contributed by atoms with Crippen molar-refractivity contribution in [3.8, 4) is 6.07 Å². The van der Waals surface area contributed by atoms with E-state index in [1.807, 2.05) is 4.90 Å². The van der Waals surface area contributed by atoms with E-state index in [4.69, 9.17) is 11.0 Å². The number of nitrogens with zero attached hydrogens (tertiary/aromatic N) is 3. The molecule has 2 aliphatic rings. The van der Waals surface area contributed by atoms with Crippen LogP contribution in [0.5, 0.6) is 0 Å². The molecule has 1 saturated carbocycles. The number of amides is 1. The summed E-state index contributed by atoms with van der Waals surface area (Å²) in [6.45, 7) is 4.22. The van der Waals surface area contributed by atoms with Gasteiger partial charge in [0, 0.05) is 51.1 Å². The fraction of sp³-hybridized carbons (Fsp3) is 0.846. The second kappa shape index (κ2) is 6.17. The first-order chi connectivity index (χ1) is 8.70. The number of piperazine rings is 1. The van der Waals surface area contributed by atoms with E-state index in [1.165, 1.54) is 0 Å². The number of hydrogen-bond donors (Lipinski definition) is 1. The SMILES string of the molecule is N#CCCN1CCN(C(=O)C2CCC(N)C2)CC1. The Kier molecular flexibility index (Phi) is 4.56. The number of rotatable bonds is 3. The van der Waals surface area contributed by atoms with E-state index in [0.29, 0.717) is 12.3 Å².